The maximum absolute atomic E-state index is 5.85. The molecule has 1 aliphatic carbocycles. The second kappa shape index (κ2) is 21.4. The van der Waals surface area contributed by atoms with Gasteiger partial charge in [0.15, 0.2) is 6.73 Å². The number of hydrogen-bond acceptors (Lipinski definition) is 4. The number of allylic oxidation sites excluding steroid dienone is 10. The van der Waals surface area contributed by atoms with Gasteiger partial charge in [-0.15, -0.1) is 19.7 Å². The lowest BCUT2D eigenvalue weighted by atomic mass is 10.1. The van der Waals surface area contributed by atoms with Crippen LogP contribution in [0.15, 0.2) is 147 Å². The maximum Gasteiger partial charge on any atom is 0.161 e. The topological polar surface area (TPSA) is 24.9 Å². The summed E-state index contributed by atoms with van der Waals surface area (Å²) in [6.45, 7) is 22.5. The fourth-order valence-corrected chi connectivity index (χ4v) is 4.21. The molecule has 0 bridgehead atoms. The summed E-state index contributed by atoms with van der Waals surface area (Å²) in [6.07, 6.45) is 24.5. The molecule has 5 rings (SSSR count). The molecule has 2 aromatic rings. The molecule has 228 valence electrons. The van der Waals surface area contributed by atoms with Gasteiger partial charge in [0.1, 0.15) is 18.2 Å². The van der Waals surface area contributed by atoms with Crippen molar-refractivity contribution in [2.75, 3.05) is 20.0 Å². The van der Waals surface area contributed by atoms with Crippen LogP contribution in [-0.2, 0) is 13.1 Å². The first-order chi connectivity index (χ1) is 21.1. The van der Waals surface area contributed by atoms with Crippen LogP contribution in [-0.4, -0.2) is 29.8 Å². The quantitative estimate of drug-likeness (QED) is 0.230. The summed E-state index contributed by atoms with van der Waals surface area (Å²) in [4.78, 5) is 4.50. The van der Waals surface area contributed by atoms with Gasteiger partial charge in [0.05, 0.1) is 0 Å². The Kier molecular flexibility index (Phi) is 17.4. The van der Waals surface area contributed by atoms with E-state index < -0.39 is 0 Å². The van der Waals surface area contributed by atoms with Crippen molar-refractivity contribution in [3.63, 3.8) is 0 Å². The zero-order valence-electron chi connectivity index (χ0n) is 26.3. The third-order valence-corrected chi connectivity index (χ3v) is 6.62. The molecule has 0 fully saturated rings. The molecule has 2 aromatic carbocycles. The van der Waals surface area contributed by atoms with E-state index in [1.807, 2.05) is 60.7 Å². The van der Waals surface area contributed by atoms with Crippen LogP contribution >= 0.6 is 0 Å². The van der Waals surface area contributed by atoms with E-state index in [0.717, 1.165) is 56.8 Å². The van der Waals surface area contributed by atoms with Gasteiger partial charge in [-0.1, -0.05) is 112 Å². The van der Waals surface area contributed by atoms with Gasteiger partial charge in [-0.2, -0.15) is 0 Å². The van der Waals surface area contributed by atoms with Crippen LogP contribution in [0.4, 0.5) is 0 Å². The van der Waals surface area contributed by atoms with Crippen LogP contribution in [0.3, 0.4) is 0 Å². The monoisotopic (exact) mass is 578 g/mol. The highest BCUT2D eigenvalue weighted by Gasteiger charge is 2.18. The van der Waals surface area contributed by atoms with Crippen molar-refractivity contribution < 1.29 is 9.47 Å². The smallest absolute Gasteiger partial charge is 0.161 e. The van der Waals surface area contributed by atoms with E-state index in [1.165, 1.54) is 22.4 Å². The van der Waals surface area contributed by atoms with Gasteiger partial charge in [-0.05, 0) is 43.0 Å². The molecule has 0 aromatic heterocycles. The van der Waals surface area contributed by atoms with E-state index in [2.05, 4.69) is 98.5 Å². The Bertz CT molecular complexity index is 1260. The zero-order valence-corrected chi connectivity index (χ0v) is 26.3. The lowest BCUT2D eigenvalue weighted by Crippen LogP contribution is -2.31. The molecule has 2 aliphatic heterocycles. The summed E-state index contributed by atoms with van der Waals surface area (Å²) in [5, 5.41) is 0. The van der Waals surface area contributed by atoms with Crippen molar-refractivity contribution in [2.24, 2.45) is 0 Å². The number of benzene rings is 2. The Morgan fingerprint density at radius 2 is 1.37 bits per heavy atom. The molecule has 0 radical (unpaired) electrons. The molecule has 0 amide bonds. The van der Waals surface area contributed by atoms with E-state index in [1.54, 1.807) is 0 Å². The number of para-hydroxylation sites is 2. The fourth-order valence-electron chi connectivity index (χ4n) is 4.21. The predicted molar refractivity (Wildman–Crippen MR) is 185 cm³/mol. The van der Waals surface area contributed by atoms with Crippen LogP contribution in [0.25, 0.3) is 0 Å². The van der Waals surface area contributed by atoms with E-state index in [4.69, 9.17) is 9.47 Å². The lowest BCUT2D eigenvalue weighted by molar-refractivity contribution is 0.107. The molecule has 2 heterocycles. The molecule has 0 unspecified atom stereocenters. The SMILES string of the molecule is C=C/C=C/CC1=CC=C(N2COc3ccccc3C2)CC=C1.C=CCC.C=CCC.C=CCN1COc2ccccc2C1. The number of fused-ring (bicyclic) bond motifs is 2. The van der Waals surface area contributed by atoms with Crippen LogP contribution in [0.1, 0.15) is 50.7 Å². The Morgan fingerprint density at radius 3 is 1.98 bits per heavy atom. The van der Waals surface area contributed by atoms with Crippen molar-refractivity contribution in [1.82, 2.24) is 9.80 Å². The average molecular weight is 579 g/mol. The largest absolute Gasteiger partial charge is 0.478 e. The van der Waals surface area contributed by atoms with E-state index in [0.29, 0.717) is 13.5 Å². The van der Waals surface area contributed by atoms with Crippen LogP contribution in [0, 0.1) is 0 Å². The molecule has 0 saturated heterocycles. The average Bonchev–Trinajstić information content (AvgIpc) is 3.31. The van der Waals surface area contributed by atoms with Gasteiger partial charge in [0, 0.05) is 42.9 Å². The van der Waals surface area contributed by atoms with Gasteiger partial charge >= 0.3 is 0 Å². The maximum atomic E-state index is 5.85. The van der Waals surface area contributed by atoms with E-state index >= 15 is 0 Å². The van der Waals surface area contributed by atoms with Crippen LogP contribution < -0.4 is 9.47 Å². The van der Waals surface area contributed by atoms with Crippen molar-refractivity contribution in [3.05, 3.63) is 158 Å². The molecule has 0 saturated carbocycles. The highest BCUT2D eigenvalue weighted by molar-refractivity contribution is 5.37. The van der Waals surface area contributed by atoms with Crippen LogP contribution in [0.2, 0.25) is 0 Å². The number of nitrogens with zero attached hydrogens (tertiary/aromatic N) is 2. The third-order valence-electron chi connectivity index (χ3n) is 6.62. The summed E-state index contributed by atoms with van der Waals surface area (Å²) in [6, 6.07) is 16.4. The third kappa shape index (κ3) is 13.1. The minimum absolute atomic E-state index is 0.621. The van der Waals surface area contributed by atoms with Crippen molar-refractivity contribution >= 4 is 0 Å². The minimum atomic E-state index is 0.621. The van der Waals surface area contributed by atoms with Crippen molar-refractivity contribution in [2.45, 2.75) is 52.6 Å². The molecule has 0 spiro atoms. The van der Waals surface area contributed by atoms with E-state index in [-0.39, 0.29) is 0 Å². The highest BCUT2D eigenvalue weighted by atomic mass is 16.5. The minimum Gasteiger partial charge on any atom is -0.478 e. The van der Waals surface area contributed by atoms with Gasteiger partial charge in [0.25, 0.3) is 0 Å². The van der Waals surface area contributed by atoms with Crippen molar-refractivity contribution in [3.8, 4) is 11.5 Å². The first-order valence-corrected chi connectivity index (χ1v) is 15.1. The Hall–Kier alpha value is -4.28. The second-order valence-electron chi connectivity index (χ2n) is 10.0. The summed E-state index contributed by atoms with van der Waals surface area (Å²) >= 11 is 0. The van der Waals surface area contributed by atoms with Gasteiger partial charge in [0.2, 0.25) is 0 Å². The number of ether oxygens (including phenoxy) is 2. The van der Waals surface area contributed by atoms with Crippen molar-refractivity contribution in [1.29, 1.82) is 0 Å². The van der Waals surface area contributed by atoms with Gasteiger partial charge in [-0.3, -0.25) is 4.90 Å². The summed E-state index contributed by atoms with van der Waals surface area (Å²) in [5.74, 6) is 2.03. The van der Waals surface area contributed by atoms with E-state index in [9.17, 15) is 0 Å². The lowest BCUT2D eigenvalue weighted by Gasteiger charge is -2.32. The Balaban J connectivity index is 0.000000259. The Morgan fingerprint density at radius 1 is 0.767 bits per heavy atom. The molecule has 0 N–H and O–H groups in total. The van der Waals surface area contributed by atoms with Gasteiger partial charge < -0.3 is 14.4 Å². The predicted octanol–water partition coefficient (Wildman–Crippen LogP) is 9.93. The highest BCUT2D eigenvalue weighted by Crippen LogP contribution is 2.28. The molecule has 3 aliphatic rings. The summed E-state index contributed by atoms with van der Waals surface area (Å²) < 4.78 is 11.4. The van der Waals surface area contributed by atoms with Gasteiger partial charge in [-0.25, -0.2) is 0 Å². The fraction of sp³-hybridized carbons (Fsp3) is 0.282. The summed E-state index contributed by atoms with van der Waals surface area (Å²) in [7, 11) is 0. The standard InChI is InChI=1S/C20H21NO.C11H13NO.2C4H8/c1-2-3-4-8-17-9-7-11-19(14-13-17)21-15-18-10-5-6-12-20(18)22-16-21;1-2-7-12-8-10-5-3-4-6-11(10)13-9-12;2*1-3-4-2/h2-7,9-10,12-14H,1,8,11,15-16H2;2-6H,1,7-9H2;2*3H,1,4H2,2H3/b4-3+;;;. The molecule has 4 nitrogen and oxygen atoms in total. The summed E-state index contributed by atoms with van der Waals surface area (Å²) in [5.41, 5.74) is 5.12. The number of hydrogen-bond donors (Lipinski definition) is 0. The first-order valence-electron chi connectivity index (χ1n) is 15.1. The zero-order chi connectivity index (χ0) is 31.1. The molecule has 43 heavy (non-hydrogen) atoms. The molecular weight excluding hydrogens is 528 g/mol. The molecular formula is C39H50N2O2. The Labute approximate surface area is 261 Å². The normalized spacial score (nSPS) is 14.9. The van der Waals surface area contributed by atoms with Crippen LogP contribution in [0.5, 0.6) is 11.5 Å². The number of rotatable bonds is 8. The first kappa shape index (κ1) is 34.9. The molecule has 4 heteroatoms. The molecule has 0 atom stereocenters. The second-order valence-corrected chi connectivity index (χ2v) is 10.0.